The molecule has 1 atom stereocenters. The molecule has 116 valence electrons. The Morgan fingerprint density at radius 1 is 1.38 bits per heavy atom. The average molecular weight is 339 g/mol. The van der Waals surface area contributed by atoms with Crippen LogP contribution >= 0.6 is 11.6 Å². The van der Waals surface area contributed by atoms with Gasteiger partial charge >= 0.3 is 0 Å². The monoisotopic (exact) mass is 338 g/mol. The standard InChI is InChI=1S/C12H13ClF2N2O3S/c13-9-4-11(15)10(14)3-8(9)12(18)17-2-1-7(5-17)6-21(16,19)20/h3-4,7H,1-2,5-6H2,(H2,16,19,20)/t7-/m0/s1. The highest BCUT2D eigenvalue weighted by Crippen LogP contribution is 2.25. The van der Waals surface area contributed by atoms with E-state index in [0.29, 0.717) is 13.0 Å². The van der Waals surface area contributed by atoms with Crippen molar-refractivity contribution in [3.8, 4) is 0 Å². The summed E-state index contributed by atoms with van der Waals surface area (Å²) in [5.41, 5.74) is -0.146. The number of sulfonamides is 1. The van der Waals surface area contributed by atoms with Crippen molar-refractivity contribution >= 4 is 27.5 Å². The van der Waals surface area contributed by atoms with Crippen molar-refractivity contribution < 1.29 is 22.0 Å². The molecule has 5 nitrogen and oxygen atoms in total. The number of carbonyl (C=O) groups excluding carboxylic acids is 1. The van der Waals surface area contributed by atoms with Gasteiger partial charge in [-0.3, -0.25) is 4.79 Å². The molecular formula is C12H13ClF2N2O3S. The molecule has 1 heterocycles. The molecule has 21 heavy (non-hydrogen) atoms. The summed E-state index contributed by atoms with van der Waals surface area (Å²) in [7, 11) is -3.62. The first-order chi connectivity index (χ1) is 9.67. The quantitative estimate of drug-likeness (QED) is 0.845. The minimum atomic E-state index is -3.62. The average Bonchev–Trinajstić information content (AvgIpc) is 2.79. The zero-order valence-electron chi connectivity index (χ0n) is 10.9. The Kier molecular flexibility index (Phi) is 4.50. The third-order valence-electron chi connectivity index (χ3n) is 3.28. The van der Waals surface area contributed by atoms with Crippen LogP contribution in [0.2, 0.25) is 5.02 Å². The van der Waals surface area contributed by atoms with Crippen LogP contribution in [0.15, 0.2) is 12.1 Å². The fourth-order valence-corrected chi connectivity index (χ4v) is 3.50. The number of likely N-dealkylation sites (tertiary alicyclic amines) is 1. The molecule has 0 aromatic heterocycles. The number of halogens is 3. The van der Waals surface area contributed by atoms with E-state index in [9.17, 15) is 22.0 Å². The maximum absolute atomic E-state index is 13.2. The van der Waals surface area contributed by atoms with E-state index in [1.165, 1.54) is 4.90 Å². The predicted octanol–water partition coefficient (Wildman–Crippen LogP) is 1.37. The first kappa shape index (κ1) is 16.1. The van der Waals surface area contributed by atoms with Gasteiger partial charge in [-0.05, 0) is 24.5 Å². The van der Waals surface area contributed by atoms with Crippen molar-refractivity contribution in [1.29, 1.82) is 0 Å². The van der Waals surface area contributed by atoms with Gasteiger partial charge < -0.3 is 4.90 Å². The maximum atomic E-state index is 13.2. The Labute approximate surface area is 125 Å². The van der Waals surface area contributed by atoms with E-state index in [2.05, 4.69) is 0 Å². The number of primary sulfonamides is 1. The lowest BCUT2D eigenvalue weighted by Crippen LogP contribution is -2.31. The molecule has 1 aromatic rings. The van der Waals surface area contributed by atoms with Crippen molar-refractivity contribution in [1.82, 2.24) is 4.90 Å². The van der Waals surface area contributed by atoms with E-state index >= 15 is 0 Å². The molecule has 1 aliphatic rings. The summed E-state index contributed by atoms with van der Waals surface area (Å²) in [6, 6.07) is 1.48. The van der Waals surface area contributed by atoms with Gasteiger partial charge in [0, 0.05) is 13.1 Å². The lowest BCUT2D eigenvalue weighted by molar-refractivity contribution is 0.0787. The SMILES string of the molecule is NS(=O)(=O)C[C@H]1CCN(C(=O)c2cc(F)c(F)cc2Cl)C1. The van der Waals surface area contributed by atoms with Gasteiger partial charge in [-0.25, -0.2) is 22.3 Å². The molecule has 1 aliphatic heterocycles. The first-order valence-electron chi connectivity index (χ1n) is 6.11. The summed E-state index contributed by atoms with van der Waals surface area (Å²) >= 11 is 5.75. The second-order valence-electron chi connectivity index (χ2n) is 4.98. The van der Waals surface area contributed by atoms with Crippen molar-refractivity contribution in [2.24, 2.45) is 11.1 Å². The van der Waals surface area contributed by atoms with Crippen LogP contribution in [-0.4, -0.2) is 38.1 Å². The van der Waals surface area contributed by atoms with Crippen LogP contribution < -0.4 is 5.14 Å². The maximum Gasteiger partial charge on any atom is 0.255 e. The highest BCUT2D eigenvalue weighted by atomic mass is 35.5. The van der Waals surface area contributed by atoms with Crippen molar-refractivity contribution in [3.63, 3.8) is 0 Å². The van der Waals surface area contributed by atoms with Crippen LogP contribution in [0.3, 0.4) is 0 Å². The van der Waals surface area contributed by atoms with Crippen molar-refractivity contribution in [2.75, 3.05) is 18.8 Å². The number of benzene rings is 1. The highest BCUT2D eigenvalue weighted by Gasteiger charge is 2.30. The number of amides is 1. The third-order valence-corrected chi connectivity index (χ3v) is 4.53. The van der Waals surface area contributed by atoms with Gasteiger partial charge in [-0.15, -0.1) is 0 Å². The summed E-state index contributed by atoms with van der Waals surface area (Å²) in [5, 5.41) is 4.78. The summed E-state index contributed by atoms with van der Waals surface area (Å²) in [6.07, 6.45) is 0.476. The van der Waals surface area contributed by atoms with Crippen molar-refractivity contribution in [2.45, 2.75) is 6.42 Å². The van der Waals surface area contributed by atoms with E-state index in [-0.39, 0.29) is 28.8 Å². The minimum Gasteiger partial charge on any atom is -0.338 e. The fraction of sp³-hybridized carbons (Fsp3) is 0.417. The van der Waals surface area contributed by atoms with E-state index < -0.39 is 27.6 Å². The molecule has 1 amide bonds. The first-order valence-corrected chi connectivity index (χ1v) is 8.21. The summed E-state index contributed by atoms with van der Waals surface area (Å²) in [6.45, 7) is 0.499. The highest BCUT2D eigenvalue weighted by molar-refractivity contribution is 7.89. The number of nitrogens with zero attached hydrogens (tertiary/aromatic N) is 1. The molecule has 0 radical (unpaired) electrons. The molecule has 0 aliphatic carbocycles. The molecule has 0 bridgehead atoms. The van der Waals surface area contributed by atoms with Gasteiger partial charge in [0.05, 0.1) is 16.3 Å². The van der Waals surface area contributed by atoms with Gasteiger partial charge in [-0.2, -0.15) is 0 Å². The smallest absolute Gasteiger partial charge is 0.255 e. The number of carbonyl (C=O) groups is 1. The largest absolute Gasteiger partial charge is 0.338 e. The van der Waals surface area contributed by atoms with E-state index in [1.54, 1.807) is 0 Å². The van der Waals surface area contributed by atoms with Gasteiger partial charge in [-0.1, -0.05) is 11.6 Å². The second kappa shape index (κ2) is 5.86. The molecule has 1 saturated heterocycles. The topological polar surface area (TPSA) is 80.5 Å². The molecule has 1 fully saturated rings. The van der Waals surface area contributed by atoms with Gasteiger partial charge in [0.15, 0.2) is 11.6 Å². The van der Waals surface area contributed by atoms with Crippen LogP contribution in [0, 0.1) is 17.6 Å². The molecule has 2 rings (SSSR count). The van der Waals surface area contributed by atoms with Gasteiger partial charge in [0.2, 0.25) is 10.0 Å². The number of nitrogens with two attached hydrogens (primary N) is 1. The van der Waals surface area contributed by atoms with E-state index in [1.807, 2.05) is 0 Å². The molecule has 1 aromatic carbocycles. The van der Waals surface area contributed by atoms with Gasteiger partial charge in [0.1, 0.15) is 0 Å². The Morgan fingerprint density at radius 3 is 2.62 bits per heavy atom. The predicted molar refractivity (Wildman–Crippen MR) is 73.4 cm³/mol. The Morgan fingerprint density at radius 2 is 2.00 bits per heavy atom. The summed E-state index contributed by atoms with van der Waals surface area (Å²) in [5.74, 6) is -3.35. The Hall–Kier alpha value is -1.25. The van der Waals surface area contributed by atoms with E-state index in [0.717, 1.165) is 12.1 Å². The van der Waals surface area contributed by atoms with Crippen LogP contribution in [0.4, 0.5) is 8.78 Å². The summed E-state index contributed by atoms with van der Waals surface area (Å²) < 4.78 is 48.3. The normalized spacial score (nSPS) is 19.0. The Balaban J connectivity index is 2.14. The zero-order valence-corrected chi connectivity index (χ0v) is 12.4. The van der Waals surface area contributed by atoms with Crippen LogP contribution in [-0.2, 0) is 10.0 Å². The number of hydrogen-bond donors (Lipinski definition) is 1. The molecule has 0 spiro atoms. The van der Waals surface area contributed by atoms with Crippen LogP contribution in [0.1, 0.15) is 16.8 Å². The molecule has 0 saturated carbocycles. The fourth-order valence-electron chi connectivity index (χ4n) is 2.34. The zero-order chi connectivity index (χ0) is 15.8. The lowest BCUT2D eigenvalue weighted by Gasteiger charge is -2.17. The molecule has 9 heteroatoms. The molecular weight excluding hydrogens is 326 g/mol. The van der Waals surface area contributed by atoms with Crippen molar-refractivity contribution in [3.05, 3.63) is 34.4 Å². The third kappa shape index (κ3) is 3.90. The number of hydrogen-bond acceptors (Lipinski definition) is 3. The lowest BCUT2D eigenvalue weighted by atomic mass is 10.1. The molecule has 2 N–H and O–H groups in total. The van der Waals surface area contributed by atoms with E-state index in [4.69, 9.17) is 16.7 Å². The number of rotatable bonds is 3. The second-order valence-corrected chi connectivity index (χ2v) is 7.05. The van der Waals surface area contributed by atoms with Gasteiger partial charge in [0.25, 0.3) is 5.91 Å². The summed E-state index contributed by atoms with van der Waals surface area (Å²) in [4.78, 5) is 13.6. The van der Waals surface area contributed by atoms with Crippen LogP contribution in [0.25, 0.3) is 0 Å². The minimum absolute atomic E-state index is 0.146. The molecule has 0 unspecified atom stereocenters. The van der Waals surface area contributed by atoms with Crippen LogP contribution in [0.5, 0.6) is 0 Å². The Bertz CT molecular complexity index is 681.